The average molecular weight is 377 g/mol. The number of nitrogens with one attached hydrogen (secondary N) is 4. The van der Waals surface area contributed by atoms with Gasteiger partial charge in [-0.1, -0.05) is 32.0 Å². The van der Waals surface area contributed by atoms with Gasteiger partial charge in [-0.3, -0.25) is 9.89 Å². The van der Waals surface area contributed by atoms with Crippen molar-refractivity contribution in [2.75, 3.05) is 16.0 Å². The van der Waals surface area contributed by atoms with Crippen molar-refractivity contribution in [3.8, 4) is 0 Å². The van der Waals surface area contributed by atoms with Crippen molar-refractivity contribution in [2.24, 2.45) is 5.92 Å². The van der Waals surface area contributed by atoms with E-state index in [0.29, 0.717) is 28.7 Å². The first-order valence-electron chi connectivity index (χ1n) is 9.08. The molecule has 0 atom stereocenters. The molecule has 0 aliphatic heterocycles. The van der Waals surface area contributed by atoms with Crippen molar-refractivity contribution >= 4 is 29.0 Å². The van der Waals surface area contributed by atoms with Gasteiger partial charge in [0, 0.05) is 22.8 Å². The smallest absolute Gasteiger partial charge is 0.321 e. The van der Waals surface area contributed by atoms with E-state index in [4.69, 9.17) is 0 Å². The van der Waals surface area contributed by atoms with E-state index < -0.39 is 0 Å². The van der Waals surface area contributed by atoms with Crippen LogP contribution in [0.1, 0.15) is 30.0 Å². The molecule has 0 unspecified atom stereocenters. The molecule has 0 fully saturated rings. The second-order valence-corrected chi connectivity index (χ2v) is 6.85. The molecule has 1 aromatic heterocycles. The van der Waals surface area contributed by atoms with Crippen molar-refractivity contribution in [3.05, 3.63) is 72.1 Å². The zero-order chi connectivity index (χ0) is 19.9. The van der Waals surface area contributed by atoms with E-state index in [2.05, 4.69) is 40.0 Å². The maximum Gasteiger partial charge on any atom is 0.323 e. The molecule has 1 heterocycles. The van der Waals surface area contributed by atoms with Gasteiger partial charge in [0.05, 0.1) is 0 Å². The number of benzene rings is 2. The minimum atomic E-state index is -0.336. The van der Waals surface area contributed by atoms with Crippen LogP contribution in [-0.4, -0.2) is 22.1 Å². The van der Waals surface area contributed by atoms with E-state index in [-0.39, 0.29) is 11.9 Å². The highest BCUT2D eigenvalue weighted by atomic mass is 16.2. The Morgan fingerprint density at radius 3 is 2.07 bits per heavy atom. The Kier molecular flexibility index (Phi) is 6.06. The summed E-state index contributed by atoms with van der Waals surface area (Å²) in [5.41, 5.74) is 3.22. The van der Waals surface area contributed by atoms with Crippen LogP contribution < -0.4 is 16.0 Å². The van der Waals surface area contributed by atoms with E-state index in [1.165, 1.54) is 0 Å². The lowest BCUT2D eigenvalue weighted by molar-refractivity contribution is 0.102. The van der Waals surface area contributed by atoms with Crippen molar-refractivity contribution in [2.45, 2.75) is 20.3 Å². The van der Waals surface area contributed by atoms with Gasteiger partial charge in [-0.2, -0.15) is 5.10 Å². The third-order valence-corrected chi connectivity index (χ3v) is 3.92. The average Bonchev–Trinajstić information content (AvgIpc) is 3.12. The Hall–Kier alpha value is -3.61. The fourth-order valence-electron chi connectivity index (χ4n) is 2.67. The number of nitrogens with zero attached hydrogens (tertiary/aromatic N) is 1. The summed E-state index contributed by atoms with van der Waals surface area (Å²) < 4.78 is 0. The highest BCUT2D eigenvalue weighted by molar-refractivity contribution is 6.03. The summed E-state index contributed by atoms with van der Waals surface area (Å²) in [6.07, 6.45) is 0.839. The summed E-state index contributed by atoms with van der Waals surface area (Å²) in [4.78, 5) is 24.3. The van der Waals surface area contributed by atoms with Crippen LogP contribution in [0, 0.1) is 5.92 Å². The molecule has 0 saturated heterocycles. The van der Waals surface area contributed by atoms with E-state index in [1.807, 2.05) is 18.2 Å². The molecule has 0 bridgehead atoms. The quantitative estimate of drug-likeness (QED) is 0.509. The number of anilines is 3. The minimum absolute atomic E-state index is 0.284. The fraction of sp³-hybridized carbons (Fsp3) is 0.190. The molecular formula is C21H23N5O2. The van der Waals surface area contributed by atoms with Gasteiger partial charge >= 0.3 is 6.03 Å². The van der Waals surface area contributed by atoms with Crippen molar-refractivity contribution in [1.29, 1.82) is 0 Å². The Morgan fingerprint density at radius 1 is 0.893 bits per heavy atom. The van der Waals surface area contributed by atoms with Gasteiger partial charge in [0.25, 0.3) is 5.91 Å². The first kappa shape index (κ1) is 19.2. The van der Waals surface area contributed by atoms with Gasteiger partial charge in [-0.15, -0.1) is 0 Å². The van der Waals surface area contributed by atoms with E-state index in [1.54, 1.807) is 42.5 Å². The number of hydrogen-bond acceptors (Lipinski definition) is 3. The van der Waals surface area contributed by atoms with Crippen LogP contribution in [0.25, 0.3) is 0 Å². The molecule has 0 spiro atoms. The molecule has 3 amide bonds. The third-order valence-electron chi connectivity index (χ3n) is 3.92. The monoisotopic (exact) mass is 377 g/mol. The third kappa shape index (κ3) is 5.44. The van der Waals surface area contributed by atoms with Crippen LogP contribution in [0.3, 0.4) is 0 Å². The lowest BCUT2D eigenvalue weighted by atomic mass is 10.1. The Bertz CT molecular complexity index is 933. The van der Waals surface area contributed by atoms with Gasteiger partial charge in [0.1, 0.15) is 0 Å². The normalized spacial score (nSPS) is 10.5. The first-order chi connectivity index (χ1) is 13.5. The second-order valence-electron chi connectivity index (χ2n) is 6.85. The summed E-state index contributed by atoms with van der Waals surface area (Å²) in [5, 5.41) is 15.2. The number of urea groups is 1. The minimum Gasteiger partial charge on any atom is -0.321 e. The molecule has 144 valence electrons. The molecule has 3 rings (SSSR count). The molecule has 0 aliphatic carbocycles. The number of carbonyl (C=O) groups is 2. The molecule has 0 saturated carbocycles. The van der Waals surface area contributed by atoms with Gasteiger partial charge in [-0.25, -0.2) is 4.79 Å². The highest BCUT2D eigenvalue weighted by Gasteiger charge is 2.12. The zero-order valence-electron chi connectivity index (χ0n) is 15.8. The Morgan fingerprint density at radius 2 is 1.46 bits per heavy atom. The van der Waals surface area contributed by atoms with E-state index in [9.17, 15) is 9.59 Å². The number of aromatic amines is 1. The lowest BCUT2D eigenvalue weighted by Gasteiger charge is -2.08. The Labute approximate surface area is 163 Å². The van der Waals surface area contributed by atoms with Gasteiger partial charge in [0.15, 0.2) is 5.69 Å². The maximum atomic E-state index is 12.3. The van der Waals surface area contributed by atoms with Crippen molar-refractivity contribution in [1.82, 2.24) is 10.2 Å². The molecule has 0 radical (unpaired) electrons. The van der Waals surface area contributed by atoms with E-state index >= 15 is 0 Å². The summed E-state index contributed by atoms with van der Waals surface area (Å²) in [7, 11) is 0. The zero-order valence-corrected chi connectivity index (χ0v) is 15.8. The van der Waals surface area contributed by atoms with Gasteiger partial charge in [-0.05, 0) is 54.8 Å². The van der Waals surface area contributed by atoms with Crippen molar-refractivity contribution in [3.63, 3.8) is 0 Å². The number of carbonyl (C=O) groups excluding carboxylic acids is 2. The molecular weight excluding hydrogens is 354 g/mol. The SMILES string of the molecule is CC(C)Cc1cc(C(=O)Nc2ccc(NC(=O)Nc3ccccc3)cc2)n[nH]1. The van der Waals surface area contributed by atoms with Crippen LogP contribution in [-0.2, 0) is 6.42 Å². The largest absolute Gasteiger partial charge is 0.323 e. The number of H-pyrrole nitrogens is 1. The molecule has 7 heteroatoms. The topological polar surface area (TPSA) is 98.9 Å². The highest BCUT2D eigenvalue weighted by Crippen LogP contribution is 2.16. The summed E-state index contributed by atoms with van der Waals surface area (Å²) in [6, 6.07) is 17.5. The van der Waals surface area contributed by atoms with Crippen LogP contribution in [0.15, 0.2) is 60.7 Å². The van der Waals surface area contributed by atoms with Crippen LogP contribution in [0.4, 0.5) is 21.9 Å². The predicted molar refractivity (Wildman–Crippen MR) is 111 cm³/mol. The number of para-hydroxylation sites is 1. The lowest BCUT2D eigenvalue weighted by Crippen LogP contribution is -2.19. The van der Waals surface area contributed by atoms with Crippen LogP contribution in [0.5, 0.6) is 0 Å². The number of hydrogen-bond donors (Lipinski definition) is 4. The summed E-state index contributed by atoms with van der Waals surface area (Å²) in [5.74, 6) is 0.198. The Balaban J connectivity index is 1.54. The predicted octanol–water partition coefficient (Wildman–Crippen LogP) is 4.50. The second kappa shape index (κ2) is 8.85. The standard InChI is InChI=1S/C21H23N5O2/c1-14(2)12-18-13-19(26-25-18)20(27)22-16-8-10-17(11-9-16)24-21(28)23-15-6-4-3-5-7-15/h3-11,13-14H,12H2,1-2H3,(H,22,27)(H,25,26)(H2,23,24,28). The first-order valence-corrected chi connectivity index (χ1v) is 9.08. The van der Waals surface area contributed by atoms with Crippen LogP contribution >= 0.6 is 0 Å². The van der Waals surface area contributed by atoms with E-state index in [0.717, 1.165) is 12.1 Å². The fourth-order valence-corrected chi connectivity index (χ4v) is 2.67. The summed E-state index contributed by atoms with van der Waals surface area (Å²) >= 11 is 0. The number of rotatable bonds is 6. The molecule has 2 aromatic carbocycles. The molecule has 3 aromatic rings. The molecule has 0 aliphatic rings. The maximum absolute atomic E-state index is 12.3. The molecule has 4 N–H and O–H groups in total. The van der Waals surface area contributed by atoms with Gasteiger partial charge in [0.2, 0.25) is 0 Å². The van der Waals surface area contributed by atoms with Crippen LogP contribution in [0.2, 0.25) is 0 Å². The van der Waals surface area contributed by atoms with Gasteiger partial charge < -0.3 is 16.0 Å². The van der Waals surface area contributed by atoms with Crippen molar-refractivity contribution < 1.29 is 9.59 Å². The molecule has 7 nitrogen and oxygen atoms in total. The number of aromatic nitrogens is 2. The summed E-state index contributed by atoms with van der Waals surface area (Å²) in [6.45, 7) is 4.21. The molecule has 28 heavy (non-hydrogen) atoms. The number of amides is 3.